The maximum Gasteiger partial charge on any atom is 0.434 e. The minimum atomic E-state index is -4.51. The van der Waals surface area contributed by atoms with Crippen LogP contribution in [0.2, 0.25) is 0 Å². The molecule has 1 aromatic heterocycles. The fourth-order valence-electron chi connectivity index (χ4n) is 6.29. The molecular formula is C26H33F3N6O. The number of aromatic nitrogens is 2. The second-order valence-electron chi connectivity index (χ2n) is 10.9. The molecule has 1 aromatic carbocycles. The second-order valence-corrected chi connectivity index (χ2v) is 10.9. The fraction of sp³-hybridized carbons (Fsp3) is 0.577. The number of halogens is 3. The Hall–Kier alpha value is -2.88. The van der Waals surface area contributed by atoms with Gasteiger partial charge < -0.3 is 15.1 Å². The van der Waals surface area contributed by atoms with E-state index >= 15 is 0 Å². The monoisotopic (exact) mass is 502 g/mol. The second kappa shape index (κ2) is 9.53. The van der Waals surface area contributed by atoms with Crippen LogP contribution in [0, 0.1) is 11.3 Å². The molecule has 0 radical (unpaired) electrons. The Bertz CT molecular complexity index is 1040. The number of piperazine rings is 1. The lowest BCUT2D eigenvalue weighted by molar-refractivity contribution is -0.141. The van der Waals surface area contributed by atoms with Crippen LogP contribution in [0.4, 0.5) is 23.8 Å². The summed E-state index contributed by atoms with van der Waals surface area (Å²) in [5.74, 6) is 0.908. The number of amides is 2. The summed E-state index contributed by atoms with van der Waals surface area (Å²) in [5, 5.41) is 3.13. The summed E-state index contributed by atoms with van der Waals surface area (Å²) in [6.45, 7) is 8.84. The van der Waals surface area contributed by atoms with Gasteiger partial charge in [0.25, 0.3) is 0 Å². The number of hydrogen-bond acceptors (Lipinski definition) is 5. The van der Waals surface area contributed by atoms with Crippen molar-refractivity contribution in [1.29, 1.82) is 0 Å². The maximum atomic E-state index is 13.0. The van der Waals surface area contributed by atoms with Crippen LogP contribution in [0.1, 0.15) is 37.9 Å². The lowest BCUT2D eigenvalue weighted by Gasteiger charge is -2.59. The number of alkyl halides is 3. The normalized spacial score (nSPS) is 24.4. The minimum Gasteiger partial charge on any atom is -0.351 e. The van der Waals surface area contributed by atoms with Crippen molar-refractivity contribution in [2.75, 3.05) is 37.6 Å². The molecule has 36 heavy (non-hydrogen) atoms. The van der Waals surface area contributed by atoms with Gasteiger partial charge in [-0.15, -0.1) is 0 Å². The molecule has 2 aromatic rings. The predicted octanol–water partition coefficient (Wildman–Crippen LogP) is 4.02. The van der Waals surface area contributed by atoms with Crippen molar-refractivity contribution >= 4 is 11.8 Å². The number of carbonyl (C=O) groups excluding carboxylic acids is 1. The van der Waals surface area contributed by atoms with Gasteiger partial charge in [0.15, 0.2) is 5.69 Å². The van der Waals surface area contributed by atoms with Crippen molar-refractivity contribution in [1.82, 2.24) is 25.1 Å². The van der Waals surface area contributed by atoms with Gasteiger partial charge >= 0.3 is 12.2 Å². The summed E-state index contributed by atoms with van der Waals surface area (Å²) >= 11 is 0. The van der Waals surface area contributed by atoms with Gasteiger partial charge in [0.2, 0.25) is 0 Å². The molecule has 3 aliphatic rings. The van der Waals surface area contributed by atoms with E-state index in [2.05, 4.69) is 44.5 Å². The molecule has 1 aliphatic carbocycles. The van der Waals surface area contributed by atoms with E-state index in [0.29, 0.717) is 36.8 Å². The van der Waals surface area contributed by atoms with Crippen molar-refractivity contribution in [3.63, 3.8) is 0 Å². The maximum absolute atomic E-state index is 13.0. The van der Waals surface area contributed by atoms with Crippen molar-refractivity contribution in [3.05, 3.63) is 54.0 Å². The van der Waals surface area contributed by atoms with Gasteiger partial charge in [-0.1, -0.05) is 30.3 Å². The smallest absolute Gasteiger partial charge is 0.351 e. The van der Waals surface area contributed by atoms with Gasteiger partial charge in [-0.3, -0.25) is 4.90 Å². The molecule has 194 valence electrons. The lowest BCUT2D eigenvalue weighted by Crippen LogP contribution is -2.64. The first-order valence-corrected chi connectivity index (χ1v) is 12.6. The molecule has 2 atom stereocenters. The number of nitrogens with one attached hydrogen (secondary N) is 1. The molecule has 0 unspecified atom stereocenters. The molecule has 2 saturated heterocycles. The van der Waals surface area contributed by atoms with Crippen LogP contribution in [0.15, 0.2) is 42.7 Å². The third-order valence-electron chi connectivity index (χ3n) is 7.76. The zero-order valence-corrected chi connectivity index (χ0v) is 20.7. The Morgan fingerprint density at radius 3 is 2.31 bits per heavy atom. The quantitative estimate of drug-likeness (QED) is 0.669. The average molecular weight is 503 g/mol. The highest BCUT2D eigenvalue weighted by Crippen LogP contribution is 2.51. The van der Waals surface area contributed by atoms with Crippen LogP contribution in [-0.2, 0) is 12.7 Å². The summed E-state index contributed by atoms with van der Waals surface area (Å²) in [5.41, 5.74) is 0.775. The molecule has 0 bridgehead atoms. The third-order valence-corrected chi connectivity index (χ3v) is 7.76. The minimum absolute atomic E-state index is 0.0755. The van der Waals surface area contributed by atoms with Crippen LogP contribution >= 0.6 is 0 Å². The van der Waals surface area contributed by atoms with Crippen molar-refractivity contribution in [3.8, 4) is 0 Å². The first-order valence-electron chi connectivity index (χ1n) is 12.6. The van der Waals surface area contributed by atoms with Crippen LogP contribution < -0.4 is 10.2 Å². The van der Waals surface area contributed by atoms with E-state index in [0.717, 1.165) is 44.9 Å². The molecule has 1 N–H and O–H groups in total. The van der Waals surface area contributed by atoms with Crippen molar-refractivity contribution < 1.29 is 18.0 Å². The van der Waals surface area contributed by atoms with Gasteiger partial charge in [-0.2, -0.15) is 13.2 Å². The van der Waals surface area contributed by atoms with Crippen LogP contribution in [0.25, 0.3) is 0 Å². The molecule has 2 aliphatic heterocycles. The van der Waals surface area contributed by atoms with Crippen LogP contribution in [-0.4, -0.2) is 70.6 Å². The Balaban J connectivity index is 1.06. The molecule has 2 amide bonds. The molecule has 3 heterocycles. The first-order chi connectivity index (χ1) is 17.1. The van der Waals surface area contributed by atoms with E-state index in [1.54, 1.807) is 0 Å². The van der Waals surface area contributed by atoms with Gasteiger partial charge in [0, 0.05) is 51.4 Å². The number of benzene rings is 1. The van der Waals surface area contributed by atoms with Crippen LogP contribution in [0.3, 0.4) is 0 Å². The summed E-state index contributed by atoms with van der Waals surface area (Å²) in [4.78, 5) is 26.7. The SMILES string of the molecule is C[C@@H]1CN(c2cnc(C(F)(F)F)cn2)C[C@H](C)N1C(=O)NCC1CC2(C1)CN(Cc1ccccc1)C2. The molecule has 1 saturated carbocycles. The van der Waals surface area contributed by atoms with E-state index in [1.165, 1.54) is 5.56 Å². The summed E-state index contributed by atoms with van der Waals surface area (Å²) in [7, 11) is 0. The van der Waals surface area contributed by atoms with E-state index in [4.69, 9.17) is 0 Å². The summed E-state index contributed by atoms with van der Waals surface area (Å²) in [6, 6.07) is 10.3. The molecule has 7 nitrogen and oxygen atoms in total. The van der Waals surface area contributed by atoms with E-state index in [1.807, 2.05) is 29.7 Å². The average Bonchev–Trinajstić information content (AvgIpc) is 2.78. The molecular weight excluding hydrogens is 469 g/mol. The van der Waals surface area contributed by atoms with Gasteiger partial charge in [-0.25, -0.2) is 14.8 Å². The number of anilines is 1. The number of carbonyl (C=O) groups is 1. The van der Waals surface area contributed by atoms with Gasteiger partial charge in [0.1, 0.15) is 5.82 Å². The molecule has 3 fully saturated rings. The lowest BCUT2D eigenvalue weighted by atomic mass is 9.57. The molecule has 1 spiro atoms. The van der Waals surface area contributed by atoms with Gasteiger partial charge in [0.05, 0.1) is 12.4 Å². The van der Waals surface area contributed by atoms with Gasteiger partial charge in [-0.05, 0) is 43.6 Å². The zero-order valence-electron chi connectivity index (χ0n) is 20.7. The zero-order chi connectivity index (χ0) is 25.5. The standard InChI is InChI=1S/C26H33F3N6O/c1-18-13-34(23-12-30-22(11-31-23)26(27,28)29)14-19(2)35(18)24(36)32-10-21-8-25(9-21)16-33(17-25)15-20-6-4-3-5-7-20/h3-7,11-12,18-19,21H,8-10,13-17H2,1-2H3,(H,32,36)/t18-,19+. The van der Waals surface area contributed by atoms with E-state index in [-0.39, 0.29) is 18.1 Å². The Morgan fingerprint density at radius 2 is 1.72 bits per heavy atom. The molecule has 10 heteroatoms. The van der Waals surface area contributed by atoms with Crippen LogP contribution in [0.5, 0.6) is 0 Å². The summed E-state index contributed by atoms with van der Waals surface area (Å²) < 4.78 is 38.3. The fourth-order valence-corrected chi connectivity index (χ4v) is 6.29. The number of nitrogens with zero attached hydrogens (tertiary/aromatic N) is 5. The largest absolute Gasteiger partial charge is 0.434 e. The number of hydrogen-bond donors (Lipinski definition) is 1. The third kappa shape index (κ3) is 5.14. The predicted molar refractivity (Wildman–Crippen MR) is 130 cm³/mol. The highest BCUT2D eigenvalue weighted by atomic mass is 19.4. The highest BCUT2D eigenvalue weighted by Gasteiger charge is 2.51. The topological polar surface area (TPSA) is 64.6 Å². The van der Waals surface area contributed by atoms with E-state index in [9.17, 15) is 18.0 Å². The Labute approximate surface area is 209 Å². The highest BCUT2D eigenvalue weighted by molar-refractivity contribution is 5.75. The number of rotatable bonds is 5. The van der Waals surface area contributed by atoms with E-state index < -0.39 is 11.9 Å². The number of urea groups is 1. The number of likely N-dealkylation sites (tertiary alicyclic amines) is 1. The Morgan fingerprint density at radius 1 is 1.06 bits per heavy atom. The van der Waals surface area contributed by atoms with Crippen molar-refractivity contribution in [2.24, 2.45) is 11.3 Å². The summed E-state index contributed by atoms with van der Waals surface area (Å²) in [6.07, 6.45) is -0.277. The Kier molecular flexibility index (Phi) is 6.57. The molecule has 5 rings (SSSR count). The van der Waals surface area contributed by atoms with Crippen molar-refractivity contribution in [2.45, 2.75) is 51.5 Å². The first kappa shape index (κ1) is 24.8.